The van der Waals surface area contributed by atoms with Crippen molar-refractivity contribution in [2.75, 3.05) is 24.7 Å². The average molecular weight is 245 g/mol. The summed E-state index contributed by atoms with van der Waals surface area (Å²) in [7, 11) is 0. The molecule has 0 N–H and O–H groups in total. The zero-order valence-electron chi connectivity index (χ0n) is 10.3. The van der Waals surface area contributed by atoms with Gasteiger partial charge in [-0.1, -0.05) is 23.6 Å². The Hall–Kier alpha value is -1.99. The maximum Gasteiger partial charge on any atom is 0.414 e. The van der Waals surface area contributed by atoms with Crippen LogP contribution < -0.4 is 4.90 Å². The third kappa shape index (κ3) is 2.82. The molecule has 0 radical (unpaired) electrons. The normalized spacial score (nSPS) is 18.6. The summed E-state index contributed by atoms with van der Waals surface area (Å²) < 4.78 is 10.4. The highest BCUT2D eigenvalue weighted by molar-refractivity contribution is 5.89. The fraction of sp³-hybridized carbons (Fsp3) is 0.357. The van der Waals surface area contributed by atoms with Crippen LogP contribution in [0.2, 0.25) is 0 Å². The first-order valence-corrected chi connectivity index (χ1v) is 5.76. The number of anilines is 1. The summed E-state index contributed by atoms with van der Waals surface area (Å²) in [6, 6.07) is 7.73. The fourth-order valence-electron chi connectivity index (χ4n) is 1.79. The minimum Gasteiger partial charge on any atom is -0.441 e. The van der Waals surface area contributed by atoms with E-state index >= 15 is 0 Å². The van der Waals surface area contributed by atoms with Crippen molar-refractivity contribution in [3.63, 3.8) is 0 Å². The van der Waals surface area contributed by atoms with E-state index in [2.05, 4.69) is 5.92 Å². The molecule has 1 aromatic rings. The number of terminal acetylenes is 1. The highest BCUT2D eigenvalue weighted by Gasteiger charge is 2.32. The van der Waals surface area contributed by atoms with E-state index < -0.39 is 0 Å². The predicted octanol–water partition coefficient (Wildman–Crippen LogP) is 1.97. The van der Waals surface area contributed by atoms with Crippen molar-refractivity contribution in [3.8, 4) is 12.3 Å². The lowest BCUT2D eigenvalue weighted by Gasteiger charge is -2.12. The molecule has 18 heavy (non-hydrogen) atoms. The minimum atomic E-state index is -0.340. The second kappa shape index (κ2) is 5.56. The van der Waals surface area contributed by atoms with Crippen molar-refractivity contribution in [3.05, 3.63) is 29.8 Å². The zero-order valence-corrected chi connectivity index (χ0v) is 10.3. The molecule has 1 aliphatic heterocycles. The number of amides is 1. The molecule has 0 spiro atoms. The van der Waals surface area contributed by atoms with Gasteiger partial charge in [-0.3, -0.25) is 4.90 Å². The van der Waals surface area contributed by atoms with Gasteiger partial charge in [0.15, 0.2) is 0 Å². The molecular formula is C14H15NO3. The van der Waals surface area contributed by atoms with Crippen molar-refractivity contribution < 1.29 is 14.3 Å². The van der Waals surface area contributed by atoms with Gasteiger partial charge in [0.25, 0.3) is 0 Å². The lowest BCUT2D eigenvalue weighted by molar-refractivity contribution is 0.0598. The quantitative estimate of drug-likeness (QED) is 0.601. The molecule has 1 aliphatic rings. The summed E-state index contributed by atoms with van der Waals surface area (Å²) in [6.45, 7) is 3.06. The van der Waals surface area contributed by atoms with Crippen LogP contribution in [0.15, 0.2) is 24.3 Å². The Kier molecular flexibility index (Phi) is 3.85. The topological polar surface area (TPSA) is 38.8 Å². The third-order valence-electron chi connectivity index (χ3n) is 2.71. The molecule has 1 heterocycles. The number of cyclic esters (lactones) is 1. The number of rotatable bonds is 4. The zero-order chi connectivity index (χ0) is 13.0. The lowest BCUT2D eigenvalue weighted by Crippen LogP contribution is -2.25. The Morgan fingerprint density at radius 2 is 2.22 bits per heavy atom. The van der Waals surface area contributed by atoms with E-state index in [0.717, 1.165) is 11.3 Å². The summed E-state index contributed by atoms with van der Waals surface area (Å²) in [5.41, 5.74) is 1.99. The smallest absolute Gasteiger partial charge is 0.414 e. The van der Waals surface area contributed by atoms with Gasteiger partial charge in [-0.25, -0.2) is 4.79 Å². The molecule has 0 aromatic heterocycles. The lowest BCUT2D eigenvalue weighted by atomic mass is 10.2. The number of ether oxygens (including phenoxy) is 2. The summed E-state index contributed by atoms with van der Waals surface area (Å²) in [4.78, 5) is 13.3. The summed E-state index contributed by atoms with van der Waals surface area (Å²) in [6.07, 6.45) is 4.48. The highest BCUT2D eigenvalue weighted by Crippen LogP contribution is 2.21. The minimum absolute atomic E-state index is 0.235. The van der Waals surface area contributed by atoms with Crippen LogP contribution in [0.5, 0.6) is 0 Å². The molecule has 0 bridgehead atoms. The molecule has 94 valence electrons. The Balaban J connectivity index is 1.97. The van der Waals surface area contributed by atoms with Gasteiger partial charge in [-0.05, 0) is 19.1 Å². The van der Waals surface area contributed by atoms with E-state index in [-0.39, 0.29) is 18.8 Å². The number of carbonyl (C=O) groups is 1. The van der Waals surface area contributed by atoms with E-state index in [9.17, 15) is 4.79 Å². The molecule has 1 saturated heterocycles. The molecule has 1 atom stereocenters. The molecule has 0 aliphatic carbocycles. The van der Waals surface area contributed by atoms with Crippen molar-refractivity contribution in [1.82, 2.24) is 0 Å². The molecular weight excluding hydrogens is 230 g/mol. The van der Waals surface area contributed by atoms with Crippen LogP contribution >= 0.6 is 0 Å². The fourth-order valence-corrected chi connectivity index (χ4v) is 1.79. The van der Waals surface area contributed by atoms with Gasteiger partial charge in [-0.15, -0.1) is 6.42 Å². The molecule has 4 heteroatoms. The van der Waals surface area contributed by atoms with Gasteiger partial charge < -0.3 is 9.47 Å². The number of benzene rings is 1. The first-order valence-electron chi connectivity index (χ1n) is 5.76. The van der Waals surface area contributed by atoms with Gasteiger partial charge in [0, 0.05) is 5.69 Å². The Labute approximate surface area is 106 Å². The van der Waals surface area contributed by atoms with Crippen LogP contribution in [0.4, 0.5) is 10.5 Å². The Morgan fingerprint density at radius 1 is 1.50 bits per heavy atom. The monoisotopic (exact) mass is 245 g/mol. The van der Waals surface area contributed by atoms with E-state index in [0.29, 0.717) is 13.2 Å². The Morgan fingerprint density at radius 3 is 2.89 bits per heavy atom. The number of aryl methyl sites for hydroxylation is 1. The summed E-state index contributed by atoms with van der Waals surface area (Å²) >= 11 is 0. The molecule has 1 amide bonds. The van der Waals surface area contributed by atoms with Crippen LogP contribution in [-0.2, 0) is 9.47 Å². The molecule has 0 saturated carbocycles. The predicted molar refractivity (Wildman–Crippen MR) is 68.4 cm³/mol. The van der Waals surface area contributed by atoms with Crippen molar-refractivity contribution in [1.29, 1.82) is 0 Å². The number of hydrogen-bond acceptors (Lipinski definition) is 3. The molecule has 2 rings (SSSR count). The summed E-state index contributed by atoms with van der Waals surface area (Å²) in [5.74, 6) is 2.38. The van der Waals surface area contributed by atoms with E-state index in [1.54, 1.807) is 4.90 Å². The maximum atomic E-state index is 11.7. The second-order valence-corrected chi connectivity index (χ2v) is 4.17. The second-order valence-electron chi connectivity index (χ2n) is 4.17. The average Bonchev–Trinajstić information content (AvgIpc) is 2.72. The van der Waals surface area contributed by atoms with Gasteiger partial charge in [0.1, 0.15) is 12.7 Å². The van der Waals surface area contributed by atoms with Crippen LogP contribution in [0.1, 0.15) is 5.56 Å². The summed E-state index contributed by atoms with van der Waals surface area (Å²) in [5, 5.41) is 0. The first-order chi connectivity index (χ1) is 8.70. The number of nitrogens with zero attached hydrogens (tertiary/aromatic N) is 1. The van der Waals surface area contributed by atoms with Gasteiger partial charge in [-0.2, -0.15) is 0 Å². The number of carbonyl (C=O) groups excluding carboxylic acids is 1. The number of hydrogen-bond donors (Lipinski definition) is 0. The molecule has 1 aromatic carbocycles. The third-order valence-corrected chi connectivity index (χ3v) is 2.71. The van der Waals surface area contributed by atoms with Gasteiger partial charge in [0.2, 0.25) is 0 Å². The first kappa shape index (κ1) is 12.5. The van der Waals surface area contributed by atoms with Crippen LogP contribution in [0.25, 0.3) is 0 Å². The SMILES string of the molecule is C#CCOCC1CN(c2ccc(C)cc2)C(=O)O1. The Bertz CT molecular complexity index is 461. The van der Waals surface area contributed by atoms with Crippen molar-refractivity contribution in [2.45, 2.75) is 13.0 Å². The van der Waals surface area contributed by atoms with Crippen LogP contribution in [-0.4, -0.2) is 32.0 Å². The van der Waals surface area contributed by atoms with Crippen molar-refractivity contribution in [2.24, 2.45) is 0 Å². The van der Waals surface area contributed by atoms with Crippen LogP contribution in [0.3, 0.4) is 0 Å². The van der Waals surface area contributed by atoms with Gasteiger partial charge in [0.05, 0.1) is 13.2 Å². The van der Waals surface area contributed by atoms with E-state index in [4.69, 9.17) is 15.9 Å². The highest BCUT2D eigenvalue weighted by atomic mass is 16.6. The van der Waals surface area contributed by atoms with E-state index in [1.807, 2.05) is 31.2 Å². The maximum absolute atomic E-state index is 11.7. The van der Waals surface area contributed by atoms with Crippen LogP contribution in [0, 0.1) is 19.3 Å². The van der Waals surface area contributed by atoms with Gasteiger partial charge >= 0.3 is 6.09 Å². The molecule has 1 fully saturated rings. The largest absolute Gasteiger partial charge is 0.441 e. The molecule has 4 nitrogen and oxygen atoms in total. The molecule has 1 unspecified atom stereocenters. The standard InChI is InChI=1S/C14H15NO3/c1-3-8-17-10-13-9-15(14(16)18-13)12-6-4-11(2)5-7-12/h1,4-7,13H,8-10H2,2H3. The van der Waals surface area contributed by atoms with E-state index in [1.165, 1.54) is 0 Å². The van der Waals surface area contributed by atoms with Crippen molar-refractivity contribution >= 4 is 11.8 Å².